The van der Waals surface area contributed by atoms with Crippen molar-refractivity contribution in [2.45, 2.75) is 6.42 Å². The number of carbonyl (C=O) groups is 3. The molecular formula is C12H13N3O4. The standard InChI is InChI=1S/C12H13N3O4/c16-10-4-6-15(7-5-13-10)11(17)8-2-1-3-9(14-8)12(18)19/h1-3H,4-7H2,(H,13,16)(H,18,19). The summed E-state index contributed by atoms with van der Waals surface area (Å²) in [4.78, 5) is 39.5. The second kappa shape index (κ2) is 5.47. The minimum atomic E-state index is -1.18. The van der Waals surface area contributed by atoms with Gasteiger partial charge in [0.1, 0.15) is 11.4 Å². The molecule has 1 aliphatic rings. The fraction of sp³-hybridized carbons (Fsp3) is 0.333. The topological polar surface area (TPSA) is 99.6 Å². The highest BCUT2D eigenvalue weighted by Gasteiger charge is 2.21. The van der Waals surface area contributed by atoms with Gasteiger partial charge in [0.2, 0.25) is 5.91 Å². The van der Waals surface area contributed by atoms with Gasteiger partial charge in [-0.05, 0) is 12.1 Å². The molecule has 0 unspecified atom stereocenters. The third-order valence-corrected chi connectivity index (χ3v) is 2.79. The molecule has 1 aliphatic heterocycles. The van der Waals surface area contributed by atoms with Crippen molar-refractivity contribution in [2.24, 2.45) is 0 Å². The van der Waals surface area contributed by atoms with Gasteiger partial charge in [-0.3, -0.25) is 9.59 Å². The van der Waals surface area contributed by atoms with Gasteiger partial charge in [0.25, 0.3) is 5.91 Å². The number of hydrogen-bond acceptors (Lipinski definition) is 4. The van der Waals surface area contributed by atoms with Crippen molar-refractivity contribution in [3.8, 4) is 0 Å². The zero-order chi connectivity index (χ0) is 13.8. The van der Waals surface area contributed by atoms with Crippen LogP contribution in [-0.2, 0) is 4.79 Å². The summed E-state index contributed by atoms with van der Waals surface area (Å²) in [5.74, 6) is -1.63. The number of nitrogens with one attached hydrogen (secondary N) is 1. The van der Waals surface area contributed by atoms with Gasteiger partial charge in [-0.25, -0.2) is 9.78 Å². The fourth-order valence-electron chi connectivity index (χ4n) is 1.80. The monoisotopic (exact) mass is 263 g/mol. The number of hydrogen-bond donors (Lipinski definition) is 2. The molecule has 2 N–H and O–H groups in total. The molecule has 0 atom stereocenters. The van der Waals surface area contributed by atoms with E-state index in [4.69, 9.17) is 5.11 Å². The molecule has 0 aliphatic carbocycles. The average molecular weight is 263 g/mol. The Balaban J connectivity index is 2.16. The van der Waals surface area contributed by atoms with Crippen LogP contribution in [0.5, 0.6) is 0 Å². The van der Waals surface area contributed by atoms with Crippen molar-refractivity contribution in [3.05, 3.63) is 29.6 Å². The highest BCUT2D eigenvalue weighted by atomic mass is 16.4. The Kier molecular flexibility index (Phi) is 3.74. The molecule has 100 valence electrons. The summed E-state index contributed by atoms with van der Waals surface area (Å²) in [5, 5.41) is 11.5. The molecule has 1 saturated heterocycles. The van der Waals surface area contributed by atoms with E-state index in [0.29, 0.717) is 19.6 Å². The Bertz CT molecular complexity index is 529. The van der Waals surface area contributed by atoms with Gasteiger partial charge in [-0.15, -0.1) is 0 Å². The van der Waals surface area contributed by atoms with Crippen LogP contribution in [0.4, 0.5) is 0 Å². The predicted molar refractivity (Wildman–Crippen MR) is 64.7 cm³/mol. The lowest BCUT2D eigenvalue weighted by atomic mass is 10.2. The Hall–Kier alpha value is -2.44. The molecule has 0 saturated carbocycles. The second-order valence-corrected chi connectivity index (χ2v) is 4.11. The molecule has 2 heterocycles. The zero-order valence-corrected chi connectivity index (χ0v) is 10.1. The molecule has 7 heteroatoms. The van der Waals surface area contributed by atoms with E-state index in [9.17, 15) is 14.4 Å². The third kappa shape index (κ3) is 3.06. The molecular weight excluding hydrogens is 250 g/mol. The van der Waals surface area contributed by atoms with E-state index in [1.54, 1.807) is 0 Å². The number of nitrogens with zero attached hydrogens (tertiary/aromatic N) is 2. The largest absolute Gasteiger partial charge is 0.477 e. The first-order valence-electron chi connectivity index (χ1n) is 5.84. The quantitative estimate of drug-likeness (QED) is 0.766. The predicted octanol–water partition coefficient (Wildman–Crippen LogP) is -0.258. The number of carbonyl (C=O) groups excluding carboxylic acids is 2. The van der Waals surface area contributed by atoms with Crippen molar-refractivity contribution in [1.82, 2.24) is 15.2 Å². The zero-order valence-electron chi connectivity index (χ0n) is 10.1. The van der Waals surface area contributed by atoms with Gasteiger partial charge >= 0.3 is 5.97 Å². The number of carboxylic acids is 1. The summed E-state index contributed by atoms with van der Waals surface area (Å²) >= 11 is 0. The lowest BCUT2D eigenvalue weighted by Crippen LogP contribution is -2.34. The van der Waals surface area contributed by atoms with Gasteiger partial charge in [-0.2, -0.15) is 0 Å². The Morgan fingerprint density at radius 2 is 2.00 bits per heavy atom. The van der Waals surface area contributed by atoms with Crippen LogP contribution in [0.3, 0.4) is 0 Å². The van der Waals surface area contributed by atoms with Crippen LogP contribution in [0.2, 0.25) is 0 Å². The number of rotatable bonds is 2. The van der Waals surface area contributed by atoms with Gasteiger partial charge < -0.3 is 15.3 Å². The minimum absolute atomic E-state index is 0.0780. The lowest BCUT2D eigenvalue weighted by Gasteiger charge is -2.18. The van der Waals surface area contributed by atoms with E-state index in [1.165, 1.54) is 23.1 Å². The van der Waals surface area contributed by atoms with Crippen molar-refractivity contribution in [3.63, 3.8) is 0 Å². The van der Waals surface area contributed by atoms with Crippen LogP contribution < -0.4 is 5.32 Å². The fourth-order valence-corrected chi connectivity index (χ4v) is 1.80. The number of aromatic carboxylic acids is 1. The third-order valence-electron chi connectivity index (χ3n) is 2.79. The summed E-state index contributed by atoms with van der Waals surface area (Å²) in [7, 11) is 0. The van der Waals surface area contributed by atoms with Crippen molar-refractivity contribution in [1.29, 1.82) is 0 Å². The van der Waals surface area contributed by atoms with Gasteiger partial charge in [0.05, 0.1) is 0 Å². The molecule has 7 nitrogen and oxygen atoms in total. The van der Waals surface area contributed by atoms with E-state index in [2.05, 4.69) is 10.3 Å². The highest BCUT2D eigenvalue weighted by molar-refractivity contribution is 5.94. The normalized spacial score (nSPS) is 15.6. The van der Waals surface area contributed by atoms with Crippen LogP contribution in [0.1, 0.15) is 27.4 Å². The number of pyridine rings is 1. The maximum absolute atomic E-state index is 12.2. The first-order valence-corrected chi connectivity index (χ1v) is 5.84. The summed E-state index contributed by atoms with van der Waals surface area (Å²) < 4.78 is 0. The van der Waals surface area contributed by atoms with E-state index < -0.39 is 5.97 Å². The average Bonchev–Trinajstić information content (AvgIpc) is 2.63. The Labute approximate surface area is 109 Å². The second-order valence-electron chi connectivity index (χ2n) is 4.11. The Morgan fingerprint density at radius 1 is 1.26 bits per heavy atom. The van der Waals surface area contributed by atoms with Crippen LogP contribution >= 0.6 is 0 Å². The van der Waals surface area contributed by atoms with Gasteiger partial charge in [-0.1, -0.05) is 6.07 Å². The van der Waals surface area contributed by atoms with E-state index >= 15 is 0 Å². The van der Waals surface area contributed by atoms with Gasteiger partial charge in [0, 0.05) is 26.1 Å². The molecule has 1 fully saturated rings. The summed E-state index contributed by atoms with van der Waals surface area (Å²) in [5.41, 5.74) is -0.0934. The van der Waals surface area contributed by atoms with Crippen LogP contribution in [0.15, 0.2) is 18.2 Å². The molecule has 0 aromatic carbocycles. The van der Waals surface area contributed by atoms with Crippen molar-refractivity contribution < 1.29 is 19.5 Å². The molecule has 2 amide bonds. The van der Waals surface area contributed by atoms with E-state index in [-0.39, 0.29) is 29.6 Å². The molecule has 0 bridgehead atoms. The van der Waals surface area contributed by atoms with Crippen LogP contribution in [0.25, 0.3) is 0 Å². The molecule has 1 aromatic heterocycles. The van der Waals surface area contributed by atoms with Crippen LogP contribution in [0, 0.1) is 0 Å². The summed E-state index contributed by atoms with van der Waals surface area (Å²) in [6, 6.07) is 4.27. The first-order chi connectivity index (χ1) is 9.08. The summed E-state index contributed by atoms with van der Waals surface area (Å²) in [6.07, 6.45) is 0.240. The van der Waals surface area contributed by atoms with Crippen LogP contribution in [-0.4, -0.2) is 52.4 Å². The SMILES string of the molecule is O=C1CCN(C(=O)c2cccc(C(=O)O)n2)CCN1. The maximum Gasteiger partial charge on any atom is 0.354 e. The molecule has 0 radical (unpaired) electrons. The number of carboxylic acid groups (broad SMARTS) is 1. The highest BCUT2D eigenvalue weighted by Crippen LogP contribution is 2.06. The summed E-state index contributed by atoms with van der Waals surface area (Å²) in [6.45, 7) is 1.09. The molecule has 0 spiro atoms. The lowest BCUT2D eigenvalue weighted by molar-refractivity contribution is -0.120. The number of amides is 2. The smallest absolute Gasteiger partial charge is 0.354 e. The minimum Gasteiger partial charge on any atom is -0.477 e. The van der Waals surface area contributed by atoms with E-state index in [1.807, 2.05) is 0 Å². The first kappa shape index (κ1) is 13.0. The molecule has 1 aromatic rings. The van der Waals surface area contributed by atoms with Gasteiger partial charge in [0.15, 0.2) is 0 Å². The Morgan fingerprint density at radius 3 is 2.74 bits per heavy atom. The molecule has 19 heavy (non-hydrogen) atoms. The number of aromatic nitrogens is 1. The van der Waals surface area contributed by atoms with Crippen molar-refractivity contribution >= 4 is 17.8 Å². The maximum atomic E-state index is 12.2. The van der Waals surface area contributed by atoms with Crippen molar-refractivity contribution in [2.75, 3.05) is 19.6 Å². The molecule has 2 rings (SSSR count). The van der Waals surface area contributed by atoms with E-state index in [0.717, 1.165) is 0 Å².